The average molecular weight is 477 g/mol. The van der Waals surface area contributed by atoms with Crippen molar-refractivity contribution in [1.29, 1.82) is 0 Å². The highest BCUT2D eigenvalue weighted by Crippen LogP contribution is 2.27. The number of hydrogen-bond donors (Lipinski definition) is 0. The number of aldehydes is 1. The molecule has 0 spiro atoms. The van der Waals surface area contributed by atoms with Crippen molar-refractivity contribution in [3.63, 3.8) is 0 Å². The molecule has 34 heavy (non-hydrogen) atoms. The van der Waals surface area contributed by atoms with Gasteiger partial charge in [-0.15, -0.1) is 0 Å². The van der Waals surface area contributed by atoms with Crippen LogP contribution < -0.4 is 4.74 Å². The van der Waals surface area contributed by atoms with Crippen molar-refractivity contribution in [3.8, 4) is 5.75 Å². The van der Waals surface area contributed by atoms with Crippen LogP contribution in [0.1, 0.15) is 57.0 Å². The maximum absolute atomic E-state index is 13.5. The van der Waals surface area contributed by atoms with Crippen molar-refractivity contribution >= 4 is 18.3 Å². The maximum Gasteiger partial charge on any atom is 0.410 e. The van der Waals surface area contributed by atoms with E-state index in [1.165, 1.54) is 0 Å². The lowest BCUT2D eigenvalue weighted by Crippen LogP contribution is -2.42. The SMILES string of the molecule is COCCCOc1cc(C(=O)N(C[C@@H]2CN(C(=O)OC(C)(C)C)C[C@H]2C=O)C(C)C)ccc1C. The highest BCUT2D eigenvalue weighted by molar-refractivity contribution is 5.95. The number of rotatable bonds is 10. The van der Waals surface area contributed by atoms with Crippen LogP contribution in [-0.4, -0.2) is 79.7 Å². The normalized spacial score (nSPS) is 18.2. The fraction of sp³-hybridized carbons (Fsp3) is 0.654. The lowest BCUT2D eigenvalue weighted by atomic mass is 9.96. The summed E-state index contributed by atoms with van der Waals surface area (Å²) in [5, 5.41) is 0. The number of aryl methyl sites for hydroxylation is 1. The van der Waals surface area contributed by atoms with Gasteiger partial charge in [0.25, 0.3) is 5.91 Å². The third-order valence-electron chi connectivity index (χ3n) is 5.82. The van der Waals surface area contributed by atoms with Crippen molar-refractivity contribution in [2.24, 2.45) is 11.8 Å². The number of hydrogen-bond acceptors (Lipinski definition) is 6. The molecule has 2 atom stereocenters. The van der Waals surface area contributed by atoms with E-state index < -0.39 is 11.7 Å². The maximum atomic E-state index is 13.5. The molecule has 0 radical (unpaired) electrons. The van der Waals surface area contributed by atoms with E-state index in [1.54, 1.807) is 29.0 Å². The van der Waals surface area contributed by atoms with Gasteiger partial charge in [-0.3, -0.25) is 4.79 Å². The first-order valence-electron chi connectivity index (χ1n) is 11.9. The van der Waals surface area contributed by atoms with Crippen LogP contribution in [0.15, 0.2) is 18.2 Å². The second kappa shape index (κ2) is 12.2. The number of carbonyl (C=O) groups excluding carboxylic acids is 3. The van der Waals surface area contributed by atoms with Gasteiger partial charge in [0, 0.05) is 63.2 Å². The highest BCUT2D eigenvalue weighted by Gasteiger charge is 2.39. The van der Waals surface area contributed by atoms with E-state index in [4.69, 9.17) is 14.2 Å². The molecule has 1 saturated heterocycles. The van der Waals surface area contributed by atoms with Crippen molar-refractivity contribution in [3.05, 3.63) is 29.3 Å². The van der Waals surface area contributed by atoms with Crippen molar-refractivity contribution in [2.45, 2.75) is 59.6 Å². The van der Waals surface area contributed by atoms with Crippen molar-refractivity contribution in [1.82, 2.24) is 9.80 Å². The van der Waals surface area contributed by atoms with Gasteiger partial charge in [-0.25, -0.2) is 4.79 Å². The second-order valence-electron chi connectivity index (χ2n) is 10.2. The van der Waals surface area contributed by atoms with Gasteiger partial charge in [0.2, 0.25) is 0 Å². The molecule has 0 N–H and O–H groups in total. The Morgan fingerprint density at radius 2 is 1.91 bits per heavy atom. The standard InChI is InChI=1S/C26H40N2O6/c1-18(2)28(16-21-14-27(15-22(21)17-29)25(31)34-26(4,5)6)24(30)20-10-9-19(3)23(13-20)33-12-8-11-32-7/h9-10,13,17-18,21-22H,8,11-12,14-16H2,1-7H3/t21-,22-/m0/s1. The Morgan fingerprint density at radius 1 is 1.21 bits per heavy atom. The molecule has 2 rings (SSSR count). The molecular weight excluding hydrogens is 436 g/mol. The molecule has 1 aromatic rings. The van der Waals surface area contributed by atoms with Crippen molar-refractivity contribution in [2.75, 3.05) is 40.0 Å². The van der Waals surface area contributed by atoms with Gasteiger partial charge >= 0.3 is 6.09 Å². The van der Waals surface area contributed by atoms with Gasteiger partial charge in [0.05, 0.1) is 6.61 Å². The van der Waals surface area contributed by atoms with E-state index in [2.05, 4.69) is 0 Å². The molecular formula is C26H40N2O6. The Morgan fingerprint density at radius 3 is 2.50 bits per heavy atom. The largest absolute Gasteiger partial charge is 0.493 e. The Hall–Kier alpha value is -2.61. The molecule has 1 aromatic carbocycles. The molecule has 1 fully saturated rings. The van der Waals surface area contributed by atoms with E-state index in [0.717, 1.165) is 18.3 Å². The Labute approximate surface area is 203 Å². The summed E-state index contributed by atoms with van der Waals surface area (Å²) in [4.78, 5) is 41.1. The summed E-state index contributed by atoms with van der Waals surface area (Å²) >= 11 is 0. The molecule has 1 heterocycles. The molecule has 8 nitrogen and oxygen atoms in total. The highest BCUT2D eigenvalue weighted by atomic mass is 16.6. The molecule has 2 amide bonds. The van der Waals surface area contributed by atoms with Gasteiger partial charge in [0.15, 0.2) is 0 Å². The predicted molar refractivity (Wildman–Crippen MR) is 130 cm³/mol. The molecule has 0 saturated carbocycles. The minimum Gasteiger partial charge on any atom is -0.493 e. The smallest absolute Gasteiger partial charge is 0.410 e. The Kier molecular flexibility index (Phi) is 9.91. The fourth-order valence-corrected chi connectivity index (χ4v) is 3.94. The number of ether oxygens (including phenoxy) is 3. The van der Waals surface area contributed by atoms with E-state index in [1.807, 2.05) is 47.6 Å². The zero-order valence-corrected chi connectivity index (χ0v) is 21.6. The van der Waals surface area contributed by atoms with Crippen LogP contribution in [0.5, 0.6) is 5.75 Å². The van der Waals surface area contributed by atoms with Crippen LogP contribution in [0.4, 0.5) is 4.79 Å². The average Bonchev–Trinajstić information content (AvgIpc) is 3.17. The topological polar surface area (TPSA) is 85.4 Å². The van der Waals surface area contributed by atoms with Gasteiger partial charge < -0.3 is 28.8 Å². The summed E-state index contributed by atoms with van der Waals surface area (Å²) in [6.45, 7) is 13.4. The van der Waals surface area contributed by atoms with Crippen molar-refractivity contribution < 1.29 is 28.6 Å². The van der Waals surface area contributed by atoms with Gasteiger partial charge in [-0.2, -0.15) is 0 Å². The molecule has 1 aliphatic heterocycles. The summed E-state index contributed by atoms with van der Waals surface area (Å²) in [5.41, 5.74) is 0.876. The number of amides is 2. The third kappa shape index (κ3) is 7.72. The first kappa shape index (κ1) is 27.6. The number of benzene rings is 1. The summed E-state index contributed by atoms with van der Waals surface area (Å²) in [5.74, 6) is 0.0383. The zero-order chi connectivity index (χ0) is 25.5. The zero-order valence-electron chi connectivity index (χ0n) is 21.6. The second-order valence-corrected chi connectivity index (χ2v) is 10.2. The molecule has 190 valence electrons. The van der Waals surface area contributed by atoms with Crippen LogP contribution in [0, 0.1) is 18.8 Å². The molecule has 8 heteroatoms. The van der Waals surface area contributed by atoms with Gasteiger partial charge in [-0.1, -0.05) is 6.07 Å². The minimum absolute atomic E-state index is 0.0808. The lowest BCUT2D eigenvalue weighted by molar-refractivity contribution is -0.111. The first-order chi connectivity index (χ1) is 16.0. The van der Waals surface area contributed by atoms with Gasteiger partial charge in [0.1, 0.15) is 17.6 Å². The quantitative estimate of drug-likeness (QED) is 0.376. The van der Waals surface area contributed by atoms with E-state index in [0.29, 0.717) is 44.2 Å². The van der Waals surface area contributed by atoms with E-state index >= 15 is 0 Å². The summed E-state index contributed by atoms with van der Waals surface area (Å²) in [6, 6.07) is 5.38. The van der Waals surface area contributed by atoms with Crippen LogP contribution in [0.25, 0.3) is 0 Å². The van der Waals surface area contributed by atoms with Crippen LogP contribution in [-0.2, 0) is 14.3 Å². The summed E-state index contributed by atoms with van der Waals surface area (Å²) in [7, 11) is 1.65. The minimum atomic E-state index is -0.611. The number of carbonyl (C=O) groups is 3. The summed E-state index contributed by atoms with van der Waals surface area (Å²) < 4.78 is 16.4. The van der Waals surface area contributed by atoms with Gasteiger partial charge in [-0.05, 0) is 59.2 Å². The third-order valence-corrected chi connectivity index (χ3v) is 5.82. The predicted octanol–water partition coefficient (Wildman–Crippen LogP) is 3.94. The molecule has 0 bridgehead atoms. The fourth-order valence-electron chi connectivity index (χ4n) is 3.94. The van der Waals surface area contributed by atoms with Crippen LogP contribution in [0.3, 0.4) is 0 Å². The number of nitrogens with zero attached hydrogens (tertiary/aromatic N) is 2. The molecule has 0 unspecified atom stereocenters. The molecule has 1 aliphatic rings. The molecule has 0 aromatic heterocycles. The Balaban J connectivity index is 2.14. The number of methoxy groups -OCH3 is 1. The Bertz CT molecular complexity index is 848. The van der Waals surface area contributed by atoms with Crippen LogP contribution in [0.2, 0.25) is 0 Å². The van der Waals surface area contributed by atoms with Crippen LogP contribution >= 0.6 is 0 Å². The monoisotopic (exact) mass is 476 g/mol. The molecule has 0 aliphatic carbocycles. The number of likely N-dealkylation sites (tertiary alicyclic amines) is 1. The lowest BCUT2D eigenvalue weighted by Gasteiger charge is -2.31. The summed E-state index contributed by atoms with van der Waals surface area (Å²) in [6.07, 6.45) is 1.21. The first-order valence-corrected chi connectivity index (χ1v) is 11.9. The van der Waals surface area contributed by atoms with E-state index in [-0.39, 0.29) is 23.8 Å². The van der Waals surface area contributed by atoms with E-state index in [9.17, 15) is 14.4 Å².